The summed E-state index contributed by atoms with van der Waals surface area (Å²) in [6.45, 7) is 2.79. The molecule has 0 amide bonds. The zero-order valence-electron chi connectivity index (χ0n) is 9.64. The quantitative estimate of drug-likeness (QED) is 0.671. The molecule has 0 atom stereocenters. The van der Waals surface area contributed by atoms with E-state index in [2.05, 4.69) is 40.3 Å². The van der Waals surface area contributed by atoms with Crippen molar-refractivity contribution < 1.29 is 4.92 Å². The predicted molar refractivity (Wildman–Crippen MR) is 77.2 cm³/mol. The van der Waals surface area contributed by atoms with Crippen molar-refractivity contribution in [3.05, 3.63) is 54.7 Å². The summed E-state index contributed by atoms with van der Waals surface area (Å²) in [4.78, 5) is 12.8. The lowest BCUT2D eigenvalue weighted by Gasteiger charge is -2.05. The van der Waals surface area contributed by atoms with Crippen LogP contribution in [0, 0.1) is 17.0 Å². The molecular formula is C12H11BrN2O2S. The summed E-state index contributed by atoms with van der Waals surface area (Å²) >= 11 is 4.94. The van der Waals surface area contributed by atoms with Gasteiger partial charge in [-0.2, -0.15) is 0 Å². The van der Waals surface area contributed by atoms with Crippen molar-refractivity contribution in [2.24, 2.45) is 0 Å². The number of aryl methyl sites for hydroxylation is 1. The highest BCUT2D eigenvalue weighted by Gasteiger charge is 2.11. The number of nitro benzene ring substituents is 1. The molecule has 1 heterocycles. The van der Waals surface area contributed by atoms with Crippen molar-refractivity contribution in [2.45, 2.75) is 13.5 Å². The molecule has 1 aromatic heterocycles. The number of benzene rings is 1. The van der Waals surface area contributed by atoms with Gasteiger partial charge in [-0.1, -0.05) is 0 Å². The molecule has 0 saturated heterocycles. The molecule has 4 nitrogen and oxygen atoms in total. The van der Waals surface area contributed by atoms with Crippen LogP contribution in [0.3, 0.4) is 0 Å². The summed E-state index contributed by atoms with van der Waals surface area (Å²) in [5.74, 6) is 0. The first kappa shape index (κ1) is 13.0. The van der Waals surface area contributed by atoms with E-state index in [1.165, 1.54) is 15.8 Å². The SMILES string of the molecule is Cc1ccc(CNc2ccc([N+](=O)[O-])c(Br)c2)s1. The Morgan fingerprint density at radius 3 is 2.72 bits per heavy atom. The molecule has 0 bridgehead atoms. The van der Waals surface area contributed by atoms with Crippen LogP contribution in [0.25, 0.3) is 0 Å². The first-order valence-electron chi connectivity index (χ1n) is 5.29. The molecular weight excluding hydrogens is 316 g/mol. The minimum atomic E-state index is -0.406. The fourth-order valence-corrected chi connectivity index (χ4v) is 2.89. The Morgan fingerprint density at radius 2 is 2.17 bits per heavy atom. The smallest absolute Gasteiger partial charge is 0.283 e. The third kappa shape index (κ3) is 3.08. The maximum absolute atomic E-state index is 10.7. The van der Waals surface area contributed by atoms with Gasteiger partial charge in [-0.3, -0.25) is 10.1 Å². The first-order chi connectivity index (χ1) is 8.56. The van der Waals surface area contributed by atoms with Gasteiger partial charge in [0.1, 0.15) is 0 Å². The van der Waals surface area contributed by atoms with E-state index in [1.807, 2.05) is 0 Å². The number of hydrogen-bond acceptors (Lipinski definition) is 4. The number of anilines is 1. The third-order valence-electron chi connectivity index (χ3n) is 2.41. The highest BCUT2D eigenvalue weighted by atomic mass is 79.9. The Balaban J connectivity index is 2.06. The van der Waals surface area contributed by atoms with Gasteiger partial charge in [0.2, 0.25) is 0 Å². The van der Waals surface area contributed by atoms with Gasteiger partial charge in [0, 0.05) is 28.1 Å². The van der Waals surface area contributed by atoms with Gasteiger partial charge in [0.25, 0.3) is 5.69 Å². The summed E-state index contributed by atoms with van der Waals surface area (Å²) in [6, 6.07) is 9.08. The van der Waals surface area contributed by atoms with Crippen LogP contribution in [-0.4, -0.2) is 4.92 Å². The van der Waals surface area contributed by atoms with E-state index in [9.17, 15) is 10.1 Å². The number of hydrogen-bond donors (Lipinski definition) is 1. The second-order valence-electron chi connectivity index (χ2n) is 3.79. The average Bonchev–Trinajstić information content (AvgIpc) is 2.72. The van der Waals surface area contributed by atoms with Gasteiger partial charge in [0.05, 0.1) is 9.40 Å². The number of rotatable bonds is 4. The number of nitrogens with one attached hydrogen (secondary N) is 1. The lowest BCUT2D eigenvalue weighted by Crippen LogP contribution is -1.98. The van der Waals surface area contributed by atoms with Crippen LogP contribution in [-0.2, 0) is 6.54 Å². The molecule has 1 aromatic carbocycles. The summed E-state index contributed by atoms with van der Waals surface area (Å²) in [6.07, 6.45) is 0. The van der Waals surface area contributed by atoms with Crippen LogP contribution in [0.5, 0.6) is 0 Å². The molecule has 2 rings (SSSR count). The van der Waals surface area contributed by atoms with Crippen molar-refractivity contribution in [1.29, 1.82) is 0 Å². The maximum Gasteiger partial charge on any atom is 0.283 e. The van der Waals surface area contributed by atoms with Gasteiger partial charge in [-0.15, -0.1) is 11.3 Å². The van der Waals surface area contributed by atoms with Crippen molar-refractivity contribution in [3.8, 4) is 0 Å². The molecule has 94 valence electrons. The van der Waals surface area contributed by atoms with E-state index in [1.54, 1.807) is 23.5 Å². The van der Waals surface area contributed by atoms with Crippen LogP contribution >= 0.6 is 27.3 Å². The fourth-order valence-electron chi connectivity index (χ4n) is 1.53. The normalized spacial score (nSPS) is 10.3. The lowest BCUT2D eigenvalue weighted by molar-refractivity contribution is -0.385. The second kappa shape index (κ2) is 5.49. The lowest BCUT2D eigenvalue weighted by atomic mass is 10.3. The van der Waals surface area contributed by atoms with Crippen LogP contribution in [0.15, 0.2) is 34.8 Å². The molecule has 0 spiro atoms. The van der Waals surface area contributed by atoms with Crippen LogP contribution in [0.2, 0.25) is 0 Å². The molecule has 0 aliphatic rings. The van der Waals surface area contributed by atoms with E-state index in [-0.39, 0.29) is 5.69 Å². The Hall–Kier alpha value is -1.40. The van der Waals surface area contributed by atoms with Crippen LogP contribution in [0.4, 0.5) is 11.4 Å². The van der Waals surface area contributed by atoms with Gasteiger partial charge >= 0.3 is 0 Å². The van der Waals surface area contributed by atoms with Crippen LogP contribution < -0.4 is 5.32 Å². The predicted octanol–water partition coefficient (Wildman–Crippen LogP) is 4.34. The van der Waals surface area contributed by atoms with Crippen LogP contribution in [0.1, 0.15) is 9.75 Å². The molecule has 18 heavy (non-hydrogen) atoms. The molecule has 0 saturated carbocycles. The fraction of sp³-hybridized carbons (Fsp3) is 0.167. The molecule has 2 aromatic rings. The summed E-state index contributed by atoms with van der Waals surface area (Å²) in [5, 5.41) is 13.9. The number of halogens is 1. The number of nitro groups is 1. The monoisotopic (exact) mass is 326 g/mol. The Labute approximate surface area is 117 Å². The topological polar surface area (TPSA) is 55.2 Å². The Morgan fingerprint density at radius 1 is 1.39 bits per heavy atom. The third-order valence-corrected chi connectivity index (χ3v) is 4.04. The summed E-state index contributed by atoms with van der Waals surface area (Å²) < 4.78 is 0.486. The summed E-state index contributed by atoms with van der Waals surface area (Å²) in [5.41, 5.74) is 0.936. The Kier molecular flexibility index (Phi) is 3.98. The first-order valence-corrected chi connectivity index (χ1v) is 6.90. The van der Waals surface area contributed by atoms with E-state index in [0.717, 1.165) is 12.2 Å². The molecule has 0 fully saturated rings. The molecule has 1 N–H and O–H groups in total. The second-order valence-corrected chi connectivity index (χ2v) is 6.02. The van der Waals surface area contributed by atoms with E-state index in [0.29, 0.717) is 4.47 Å². The molecule has 6 heteroatoms. The zero-order valence-corrected chi connectivity index (χ0v) is 12.0. The largest absolute Gasteiger partial charge is 0.380 e. The van der Waals surface area contributed by atoms with Crippen molar-refractivity contribution in [2.75, 3.05) is 5.32 Å². The van der Waals surface area contributed by atoms with E-state index < -0.39 is 4.92 Å². The van der Waals surface area contributed by atoms with E-state index >= 15 is 0 Å². The maximum atomic E-state index is 10.7. The van der Waals surface area contributed by atoms with Gasteiger partial charge < -0.3 is 5.32 Å². The van der Waals surface area contributed by atoms with Crippen molar-refractivity contribution in [1.82, 2.24) is 0 Å². The van der Waals surface area contributed by atoms with E-state index in [4.69, 9.17) is 0 Å². The number of thiophene rings is 1. The average molecular weight is 327 g/mol. The van der Waals surface area contributed by atoms with Gasteiger partial charge in [0.15, 0.2) is 0 Å². The minimum absolute atomic E-state index is 0.0764. The highest BCUT2D eigenvalue weighted by molar-refractivity contribution is 9.10. The van der Waals surface area contributed by atoms with Crippen molar-refractivity contribution >= 4 is 38.6 Å². The van der Waals surface area contributed by atoms with Crippen molar-refractivity contribution in [3.63, 3.8) is 0 Å². The van der Waals surface area contributed by atoms with Gasteiger partial charge in [-0.25, -0.2) is 0 Å². The van der Waals surface area contributed by atoms with Gasteiger partial charge in [-0.05, 0) is 47.1 Å². The molecule has 0 unspecified atom stereocenters. The highest BCUT2D eigenvalue weighted by Crippen LogP contribution is 2.28. The Bertz CT molecular complexity index is 583. The standard InChI is InChI=1S/C12H11BrN2O2S/c1-8-2-4-10(18-8)7-14-9-3-5-12(15(16)17)11(13)6-9/h2-6,14H,7H2,1H3. The molecule has 0 aliphatic heterocycles. The minimum Gasteiger partial charge on any atom is -0.380 e. The summed E-state index contributed by atoms with van der Waals surface area (Å²) in [7, 11) is 0. The molecule has 0 aliphatic carbocycles. The molecule has 0 radical (unpaired) electrons. The zero-order chi connectivity index (χ0) is 13.1. The number of nitrogens with zero attached hydrogens (tertiary/aromatic N) is 1.